The maximum Gasteiger partial charge on any atom is -0.0202 e. The van der Waals surface area contributed by atoms with Crippen molar-refractivity contribution in [1.82, 2.24) is 0 Å². The fourth-order valence-electron chi connectivity index (χ4n) is 19.5. The van der Waals surface area contributed by atoms with Crippen molar-refractivity contribution in [3.63, 3.8) is 0 Å². The molecule has 14 atom stereocenters. The molecule has 388 valence electrons. The second-order valence-electron chi connectivity index (χ2n) is 29.5. The van der Waals surface area contributed by atoms with Crippen LogP contribution in [0.1, 0.15) is 269 Å². The zero-order chi connectivity index (χ0) is 47.8. The standard InChI is InChI=1S/C13H24.2C11H20.C11H18.C11H20.C10H18/c1-10(2)13-11-6-3-4-7-12(13)9-5-8-11;1-8(2)11-6-4-9-3-5-10(11)7-9;2*1-8(2)11-7-9-3-5-10(11)6-4-9;1-8(2)11-6-9-3-4-10(5-9)7-11;1-7(2)10-6-8-3-4-9(10)5-8/h10-13H,3-9H2,1-2H3;2*8-11H,3-7H2,1-2H3;3,5,8-11H,4,6-7H2,1-2H3;8-11H,3-7H2,1-2H3;7-10H,3-6H2,1-2H3. The Balaban J connectivity index is 0.000000119. The molecule has 0 aromatic heterocycles. The van der Waals surface area contributed by atoms with Crippen LogP contribution in [0.25, 0.3) is 0 Å². The largest absolute Gasteiger partial charge is 0.0851 e. The monoisotopic (exact) mass is 925 g/mol. The predicted molar refractivity (Wildman–Crippen MR) is 295 cm³/mol. The molecule has 67 heavy (non-hydrogen) atoms. The van der Waals surface area contributed by atoms with Crippen molar-refractivity contribution in [1.29, 1.82) is 0 Å². The van der Waals surface area contributed by atoms with E-state index in [4.69, 9.17) is 0 Å². The first kappa shape index (κ1) is 54.5. The first-order chi connectivity index (χ1) is 32.1. The zero-order valence-corrected chi connectivity index (χ0v) is 47.5. The summed E-state index contributed by atoms with van der Waals surface area (Å²) in [6, 6.07) is 0. The maximum absolute atomic E-state index is 2.47. The van der Waals surface area contributed by atoms with Crippen LogP contribution in [0.3, 0.4) is 0 Å². The highest BCUT2D eigenvalue weighted by Crippen LogP contribution is 2.52. The Labute approximate surface area is 421 Å². The lowest BCUT2D eigenvalue weighted by Gasteiger charge is -2.44. The Morgan fingerprint density at radius 1 is 0.269 bits per heavy atom. The van der Waals surface area contributed by atoms with Crippen LogP contribution >= 0.6 is 0 Å². The molecule has 12 bridgehead atoms. The van der Waals surface area contributed by atoms with Gasteiger partial charge in [-0.05, 0) is 238 Å². The van der Waals surface area contributed by atoms with Crippen molar-refractivity contribution in [2.75, 3.05) is 0 Å². The highest BCUT2D eigenvalue weighted by atomic mass is 14.5. The molecule has 14 aliphatic rings. The van der Waals surface area contributed by atoms with Crippen molar-refractivity contribution in [2.24, 2.45) is 142 Å². The zero-order valence-electron chi connectivity index (χ0n) is 47.5. The summed E-state index contributed by atoms with van der Waals surface area (Å²) in [5.41, 5.74) is 0. The molecule has 0 heterocycles. The molecule has 12 saturated carbocycles. The third-order valence-corrected chi connectivity index (χ3v) is 23.3. The van der Waals surface area contributed by atoms with Crippen LogP contribution in [0, 0.1) is 142 Å². The lowest BCUT2D eigenvalue weighted by molar-refractivity contribution is 0.0680. The fraction of sp³-hybridized carbons (Fsp3) is 0.970. The Kier molecular flexibility index (Phi) is 21.2. The second kappa shape index (κ2) is 26.1. The smallest absolute Gasteiger partial charge is 0.0202 e. The molecular formula is C67H120. The average Bonchev–Trinajstić information content (AvgIpc) is 4.12. The van der Waals surface area contributed by atoms with E-state index in [0.717, 1.165) is 142 Å². The van der Waals surface area contributed by atoms with Crippen LogP contribution in [-0.2, 0) is 0 Å². The number of allylic oxidation sites excluding steroid dienone is 2. The van der Waals surface area contributed by atoms with Gasteiger partial charge in [-0.15, -0.1) is 0 Å². The van der Waals surface area contributed by atoms with E-state index in [1.165, 1.54) is 44.9 Å². The van der Waals surface area contributed by atoms with Crippen molar-refractivity contribution >= 4 is 0 Å². The van der Waals surface area contributed by atoms with Gasteiger partial charge in [0, 0.05) is 0 Å². The quantitative estimate of drug-likeness (QED) is 0.233. The van der Waals surface area contributed by atoms with E-state index in [2.05, 4.69) is 95.2 Å². The van der Waals surface area contributed by atoms with Crippen LogP contribution in [0.15, 0.2) is 12.2 Å². The number of hydrogen-bond acceptors (Lipinski definition) is 0. The van der Waals surface area contributed by atoms with E-state index >= 15 is 0 Å². The van der Waals surface area contributed by atoms with Crippen LogP contribution in [-0.4, -0.2) is 0 Å². The average molecular weight is 926 g/mol. The molecule has 14 aliphatic carbocycles. The summed E-state index contributed by atoms with van der Waals surface area (Å²) in [4.78, 5) is 0. The third-order valence-electron chi connectivity index (χ3n) is 23.3. The van der Waals surface area contributed by atoms with Gasteiger partial charge in [0.1, 0.15) is 0 Å². The van der Waals surface area contributed by atoms with Crippen LogP contribution < -0.4 is 0 Å². The first-order valence-corrected chi connectivity index (χ1v) is 31.8. The normalized spacial score (nSPS) is 42.8. The van der Waals surface area contributed by atoms with Gasteiger partial charge >= 0.3 is 0 Å². The van der Waals surface area contributed by atoms with Crippen LogP contribution in [0.4, 0.5) is 0 Å². The molecule has 0 aromatic carbocycles. The van der Waals surface area contributed by atoms with E-state index < -0.39 is 0 Å². The molecule has 0 heteroatoms. The molecular weight excluding hydrogens is 805 g/mol. The van der Waals surface area contributed by atoms with Gasteiger partial charge in [-0.3, -0.25) is 0 Å². The maximum atomic E-state index is 2.47. The Hall–Kier alpha value is -0.260. The minimum absolute atomic E-state index is 0.896. The highest BCUT2D eigenvalue weighted by molar-refractivity contribution is 5.06. The Bertz CT molecular complexity index is 1360. The summed E-state index contributed by atoms with van der Waals surface area (Å²) in [5, 5.41) is 0. The van der Waals surface area contributed by atoms with Crippen molar-refractivity contribution in [3.05, 3.63) is 12.2 Å². The molecule has 14 unspecified atom stereocenters. The van der Waals surface area contributed by atoms with E-state index in [9.17, 15) is 0 Å². The molecule has 0 nitrogen and oxygen atoms in total. The topological polar surface area (TPSA) is 0 Å². The van der Waals surface area contributed by atoms with E-state index in [1.54, 1.807) is 141 Å². The van der Waals surface area contributed by atoms with Crippen molar-refractivity contribution in [2.45, 2.75) is 269 Å². The van der Waals surface area contributed by atoms with Crippen LogP contribution in [0.2, 0.25) is 0 Å². The second-order valence-corrected chi connectivity index (χ2v) is 29.5. The minimum atomic E-state index is 0.896. The van der Waals surface area contributed by atoms with Gasteiger partial charge in [0.05, 0.1) is 0 Å². The molecule has 0 aliphatic heterocycles. The van der Waals surface area contributed by atoms with Gasteiger partial charge < -0.3 is 0 Å². The lowest BCUT2D eigenvalue weighted by Crippen LogP contribution is -2.33. The number of hydrogen-bond donors (Lipinski definition) is 0. The molecule has 0 saturated heterocycles. The van der Waals surface area contributed by atoms with Gasteiger partial charge in [-0.1, -0.05) is 185 Å². The summed E-state index contributed by atoms with van der Waals surface area (Å²) in [6.07, 6.45) is 49.6. The number of fused-ring (bicyclic) bond motifs is 13. The third kappa shape index (κ3) is 15.2. The Morgan fingerprint density at radius 3 is 1.10 bits per heavy atom. The van der Waals surface area contributed by atoms with Crippen molar-refractivity contribution in [3.8, 4) is 0 Å². The SMILES string of the molecule is CC(C)C1C2CCCCC1CCC2.CC(C)C1CC2C=CC1CC2.CC(C)C1CC2CCC(C2)C1.CC(C)C1CC2CCC1C2.CC(C)C1CC2CCC1CC2.CC(C)C1CCC2CCC1C2. The Morgan fingerprint density at radius 2 is 0.716 bits per heavy atom. The van der Waals surface area contributed by atoms with E-state index in [0.29, 0.717) is 0 Å². The van der Waals surface area contributed by atoms with Gasteiger partial charge in [0.2, 0.25) is 0 Å². The predicted octanol–water partition coefficient (Wildman–Crippen LogP) is 21.0. The fourth-order valence-corrected chi connectivity index (χ4v) is 19.5. The first-order valence-electron chi connectivity index (χ1n) is 31.8. The highest BCUT2D eigenvalue weighted by Gasteiger charge is 2.42. The van der Waals surface area contributed by atoms with Crippen LogP contribution in [0.5, 0.6) is 0 Å². The van der Waals surface area contributed by atoms with Gasteiger partial charge in [0.25, 0.3) is 0 Å². The lowest BCUT2D eigenvalue weighted by atomic mass is 9.62. The molecule has 0 radical (unpaired) electrons. The van der Waals surface area contributed by atoms with E-state index in [1.807, 2.05) is 0 Å². The molecule has 0 N–H and O–H groups in total. The number of rotatable bonds is 6. The minimum Gasteiger partial charge on any atom is -0.0851 e. The van der Waals surface area contributed by atoms with Gasteiger partial charge in [-0.2, -0.15) is 0 Å². The molecule has 0 amide bonds. The molecule has 0 spiro atoms. The van der Waals surface area contributed by atoms with Crippen molar-refractivity contribution < 1.29 is 0 Å². The van der Waals surface area contributed by atoms with E-state index in [-0.39, 0.29) is 0 Å². The summed E-state index contributed by atoms with van der Waals surface area (Å²) in [7, 11) is 0. The summed E-state index contributed by atoms with van der Waals surface area (Å²) in [5.74, 6) is 25.1. The molecule has 12 fully saturated rings. The summed E-state index contributed by atoms with van der Waals surface area (Å²) >= 11 is 0. The molecule has 14 rings (SSSR count). The molecule has 0 aromatic rings. The summed E-state index contributed by atoms with van der Waals surface area (Å²) < 4.78 is 0. The van der Waals surface area contributed by atoms with Gasteiger partial charge in [-0.25, -0.2) is 0 Å². The summed E-state index contributed by atoms with van der Waals surface area (Å²) in [6.45, 7) is 28.9. The van der Waals surface area contributed by atoms with Gasteiger partial charge in [0.15, 0.2) is 0 Å².